The molecule has 0 saturated carbocycles. The molecular weight excluding hydrogens is 234 g/mol. The van der Waals surface area contributed by atoms with Crippen molar-refractivity contribution in [1.29, 1.82) is 0 Å². The van der Waals surface area contributed by atoms with Crippen LogP contribution in [-0.2, 0) is 0 Å². The van der Waals surface area contributed by atoms with Gasteiger partial charge in [0.05, 0.1) is 0 Å². The maximum atomic E-state index is 4.55. The van der Waals surface area contributed by atoms with Crippen LogP contribution in [0.25, 0.3) is 0 Å². The van der Waals surface area contributed by atoms with Gasteiger partial charge in [0.15, 0.2) is 0 Å². The molecule has 0 bridgehead atoms. The largest absolute Gasteiger partial charge is 0.370 e. The van der Waals surface area contributed by atoms with E-state index in [1.54, 1.807) is 0 Å². The standard InChI is InChI=1S/C16H27N3/c1-4-5-10-17-16-9-8-14(12-18-16)15-7-6-11-19(15)13(2)3/h8-9,12-13,15H,4-7,10-11H2,1-3H3,(H,17,18). The lowest BCUT2D eigenvalue weighted by Crippen LogP contribution is -2.30. The van der Waals surface area contributed by atoms with Gasteiger partial charge < -0.3 is 5.32 Å². The number of aromatic nitrogens is 1. The van der Waals surface area contributed by atoms with E-state index in [1.165, 1.54) is 37.8 Å². The van der Waals surface area contributed by atoms with Gasteiger partial charge in [-0.25, -0.2) is 4.98 Å². The molecule has 3 heteroatoms. The summed E-state index contributed by atoms with van der Waals surface area (Å²) in [7, 11) is 0. The molecule has 1 fully saturated rings. The Bertz CT molecular complexity index is 372. The third-order valence-electron chi connectivity index (χ3n) is 3.97. The Hall–Kier alpha value is -1.09. The van der Waals surface area contributed by atoms with E-state index in [1.807, 2.05) is 0 Å². The highest BCUT2D eigenvalue weighted by atomic mass is 15.2. The molecule has 0 radical (unpaired) electrons. The molecule has 1 aromatic heterocycles. The Labute approximate surface area is 117 Å². The fraction of sp³-hybridized carbons (Fsp3) is 0.688. The molecule has 0 amide bonds. The van der Waals surface area contributed by atoms with Crippen molar-refractivity contribution >= 4 is 5.82 Å². The number of nitrogens with zero attached hydrogens (tertiary/aromatic N) is 2. The Balaban J connectivity index is 1.97. The number of anilines is 1. The Morgan fingerprint density at radius 1 is 1.42 bits per heavy atom. The third-order valence-corrected chi connectivity index (χ3v) is 3.97. The summed E-state index contributed by atoms with van der Waals surface area (Å²) in [5.41, 5.74) is 1.37. The molecule has 1 saturated heterocycles. The van der Waals surface area contributed by atoms with E-state index >= 15 is 0 Å². The van der Waals surface area contributed by atoms with E-state index in [4.69, 9.17) is 0 Å². The highest BCUT2D eigenvalue weighted by Crippen LogP contribution is 2.33. The first-order chi connectivity index (χ1) is 9.22. The Kier molecular flexibility index (Phi) is 5.20. The second kappa shape index (κ2) is 6.90. The second-order valence-electron chi connectivity index (χ2n) is 5.75. The molecule has 1 unspecified atom stereocenters. The van der Waals surface area contributed by atoms with E-state index in [2.05, 4.69) is 54.3 Å². The van der Waals surface area contributed by atoms with Crippen LogP contribution in [0.5, 0.6) is 0 Å². The summed E-state index contributed by atoms with van der Waals surface area (Å²) in [6, 6.07) is 5.56. The van der Waals surface area contributed by atoms with Crippen molar-refractivity contribution in [3.8, 4) is 0 Å². The van der Waals surface area contributed by atoms with Gasteiger partial charge in [-0.15, -0.1) is 0 Å². The highest BCUT2D eigenvalue weighted by Gasteiger charge is 2.27. The predicted molar refractivity (Wildman–Crippen MR) is 81.5 cm³/mol. The lowest BCUT2D eigenvalue weighted by atomic mass is 10.1. The van der Waals surface area contributed by atoms with Gasteiger partial charge in [0, 0.05) is 24.8 Å². The van der Waals surface area contributed by atoms with Crippen LogP contribution < -0.4 is 5.32 Å². The number of hydrogen-bond donors (Lipinski definition) is 1. The SMILES string of the molecule is CCCCNc1ccc(C2CCCN2C(C)C)cn1. The van der Waals surface area contributed by atoms with Crippen LogP contribution in [0, 0.1) is 0 Å². The molecule has 1 aromatic rings. The molecule has 0 aromatic carbocycles. The fourth-order valence-corrected chi connectivity index (χ4v) is 2.87. The van der Waals surface area contributed by atoms with Crippen LogP contribution in [0.4, 0.5) is 5.82 Å². The topological polar surface area (TPSA) is 28.2 Å². The van der Waals surface area contributed by atoms with Crippen LogP contribution in [-0.4, -0.2) is 29.0 Å². The molecule has 106 valence electrons. The quantitative estimate of drug-likeness (QED) is 0.789. The van der Waals surface area contributed by atoms with Crippen LogP contribution in [0.15, 0.2) is 18.3 Å². The van der Waals surface area contributed by atoms with Crippen LogP contribution >= 0.6 is 0 Å². The molecule has 1 aliphatic rings. The van der Waals surface area contributed by atoms with Gasteiger partial charge in [0.1, 0.15) is 5.82 Å². The van der Waals surface area contributed by atoms with Crippen molar-refractivity contribution in [3.63, 3.8) is 0 Å². The third kappa shape index (κ3) is 3.69. The monoisotopic (exact) mass is 261 g/mol. The van der Waals surface area contributed by atoms with E-state index in [9.17, 15) is 0 Å². The van der Waals surface area contributed by atoms with Crippen molar-refractivity contribution in [1.82, 2.24) is 9.88 Å². The molecule has 1 aliphatic heterocycles. The first-order valence-corrected chi connectivity index (χ1v) is 7.68. The van der Waals surface area contributed by atoms with E-state index < -0.39 is 0 Å². The van der Waals surface area contributed by atoms with Crippen molar-refractivity contribution in [2.24, 2.45) is 0 Å². The summed E-state index contributed by atoms with van der Waals surface area (Å²) < 4.78 is 0. The number of rotatable bonds is 6. The second-order valence-corrected chi connectivity index (χ2v) is 5.75. The molecule has 2 heterocycles. The van der Waals surface area contributed by atoms with Crippen LogP contribution in [0.3, 0.4) is 0 Å². The lowest BCUT2D eigenvalue weighted by molar-refractivity contribution is 0.205. The zero-order valence-electron chi connectivity index (χ0n) is 12.5. The van der Waals surface area contributed by atoms with Crippen LogP contribution in [0.1, 0.15) is 58.1 Å². The maximum Gasteiger partial charge on any atom is 0.125 e. The van der Waals surface area contributed by atoms with Gasteiger partial charge in [-0.2, -0.15) is 0 Å². The minimum absolute atomic E-state index is 0.567. The Morgan fingerprint density at radius 3 is 2.89 bits per heavy atom. The molecular formula is C16H27N3. The molecule has 0 aliphatic carbocycles. The van der Waals surface area contributed by atoms with Gasteiger partial charge in [-0.05, 0) is 51.3 Å². The summed E-state index contributed by atoms with van der Waals surface area (Å²) in [5.74, 6) is 1.01. The van der Waals surface area contributed by atoms with Crippen LogP contribution in [0.2, 0.25) is 0 Å². The first-order valence-electron chi connectivity index (χ1n) is 7.68. The number of likely N-dealkylation sites (tertiary alicyclic amines) is 1. The average molecular weight is 261 g/mol. The molecule has 3 nitrogen and oxygen atoms in total. The minimum atomic E-state index is 0.567. The zero-order valence-corrected chi connectivity index (χ0v) is 12.5. The first kappa shape index (κ1) is 14.3. The minimum Gasteiger partial charge on any atom is -0.370 e. The van der Waals surface area contributed by atoms with Gasteiger partial charge >= 0.3 is 0 Å². The van der Waals surface area contributed by atoms with E-state index in [0.29, 0.717) is 12.1 Å². The zero-order chi connectivity index (χ0) is 13.7. The summed E-state index contributed by atoms with van der Waals surface area (Å²) in [4.78, 5) is 7.14. The van der Waals surface area contributed by atoms with Gasteiger partial charge in [-0.3, -0.25) is 4.90 Å². The van der Waals surface area contributed by atoms with Crippen molar-refractivity contribution in [3.05, 3.63) is 23.9 Å². The molecule has 2 rings (SSSR count). The Morgan fingerprint density at radius 2 is 2.26 bits per heavy atom. The average Bonchev–Trinajstić information content (AvgIpc) is 2.89. The number of unbranched alkanes of at least 4 members (excludes halogenated alkanes) is 1. The summed E-state index contributed by atoms with van der Waals surface area (Å²) in [6.45, 7) is 9.01. The normalized spacial score (nSPS) is 20.1. The van der Waals surface area contributed by atoms with Crippen molar-refractivity contribution < 1.29 is 0 Å². The highest BCUT2D eigenvalue weighted by molar-refractivity contribution is 5.36. The number of nitrogens with one attached hydrogen (secondary N) is 1. The summed E-state index contributed by atoms with van der Waals surface area (Å²) in [5, 5.41) is 3.37. The summed E-state index contributed by atoms with van der Waals surface area (Å²) >= 11 is 0. The molecule has 0 spiro atoms. The lowest BCUT2D eigenvalue weighted by Gasteiger charge is -2.28. The van der Waals surface area contributed by atoms with Gasteiger partial charge in [-0.1, -0.05) is 19.4 Å². The van der Waals surface area contributed by atoms with Crippen molar-refractivity contribution in [2.45, 2.75) is 58.5 Å². The fourth-order valence-electron chi connectivity index (χ4n) is 2.87. The number of pyridine rings is 1. The molecule has 1 atom stereocenters. The smallest absolute Gasteiger partial charge is 0.125 e. The maximum absolute atomic E-state index is 4.55. The van der Waals surface area contributed by atoms with E-state index in [-0.39, 0.29) is 0 Å². The molecule has 19 heavy (non-hydrogen) atoms. The van der Waals surface area contributed by atoms with Crippen molar-refractivity contribution in [2.75, 3.05) is 18.4 Å². The van der Waals surface area contributed by atoms with Gasteiger partial charge in [0.25, 0.3) is 0 Å². The van der Waals surface area contributed by atoms with Gasteiger partial charge in [0.2, 0.25) is 0 Å². The summed E-state index contributed by atoms with van der Waals surface area (Å²) in [6.07, 6.45) is 7.05. The predicted octanol–water partition coefficient (Wildman–Crippen LogP) is 3.84. The number of hydrogen-bond acceptors (Lipinski definition) is 3. The van der Waals surface area contributed by atoms with E-state index in [0.717, 1.165) is 12.4 Å². The molecule has 1 N–H and O–H groups in total.